The van der Waals surface area contributed by atoms with Crippen LogP contribution in [0.1, 0.15) is 46.3 Å². The van der Waals surface area contributed by atoms with Crippen molar-refractivity contribution in [2.75, 3.05) is 6.54 Å². The maximum absolute atomic E-state index is 13.5. The Balaban J connectivity index is 1.61. The van der Waals surface area contributed by atoms with Crippen LogP contribution in [0.3, 0.4) is 0 Å². The van der Waals surface area contributed by atoms with Gasteiger partial charge in [-0.15, -0.1) is 11.3 Å². The van der Waals surface area contributed by atoms with Crippen LogP contribution in [0.5, 0.6) is 0 Å². The fourth-order valence-electron chi connectivity index (χ4n) is 3.96. The first-order valence-corrected chi connectivity index (χ1v) is 10.8. The second-order valence-corrected chi connectivity index (χ2v) is 8.31. The summed E-state index contributed by atoms with van der Waals surface area (Å²) in [5, 5.41) is 0.812. The van der Waals surface area contributed by atoms with Crippen molar-refractivity contribution in [1.29, 1.82) is 0 Å². The van der Waals surface area contributed by atoms with Crippen LogP contribution in [-0.2, 0) is 12.8 Å². The molecular weight excluding hydrogens is 366 g/mol. The zero-order valence-corrected chi connectivity index (χ0v) is 17.2. The first kappa shape index (κ1) is 18.8. The van der Waals surface area contributed by atoms with E-state index in [9.17, 15) is 4.79 Å². The van der Waals surface area contributed by atoms with Gasteiger partial charge in [0.2, 0.25) is 0 Å². The third kappa shape index (κ3) is 3.72. The Hall–Kier alpha value is -2.53. The van der Waals surface area contributed by atoms with Gasteiger partial charge in [0.1, 0.15) is 9.88 Å². The van der Waals surface area contributed by atoms with Crippen molar-refractivity contribution in [2.45, 2.75) is 45.6 Å². The van der Waals surface area contributed by atoms with Gasteiger partial charge in [0, 0.05) is 18.8 Å². The molecule has 2 heterocycles. The zero-order valence-electron chi connectivity index (χ0n) is 16.4. The summed E-state index contributed by atoms with van der Waals surface area (Å²) in [6.07, 6.45) is 5.71. The van der Waals surface area contributed by atoms with Crippen LogP contribution >= 0.6 is 11.3 Å². The van der Waals surface area contributed by atoms with Gasteiger partial charge in [-0.3, -0.25) is 9.78 Å². The Kier molecular flexibility index (Phi) is 5.53. The molecule has 0 saturated heterocycles. The Morgan fingerprint density at radius 1 is 1.18 bits per heavy atom. The number of rotatable bonds is 5. The van der Waals surface area contributed by atoms with E-state index >= 15 is 0 Å². The van der Waals surface area contributed by atoms with Gasteiger partial charge in [0.25, 0.3) is 5.91 Å². The number of hydrogen-bond acceptors (Lipinski definition) is 4. The number of fused-ring (bicyclic) bond motifs is 1. The van der Waals surface area contributed by atoms with Crippen molar-refractivity contribution in [3.8, 4) is 10.7 Å². The smallest absolute Gasteiger partial charge is 0.266 e. The second-order valence-electron chi connectivity index (χ2n) is 7.31. The van der Waals surface area contributed by atoms with Crippen LogP contribution in [0.4, 0.5) is 0 Å². The quantitative estimate of drug-likeness (QED) is 0.620. The molecule has 0 aliphatic heterocycles. The van der Waals surface area contributed by atoms with E-state index in [1.807, 2.05) is 25.1 Å². The minimum Gasteiger partial charge on any atom is -0.335 e. The summed E-state index contributed by atoms with van der Waals surface area (Å²) in [4.78, 5) is 25.3. The molecular formula is C23H25N3OS. The molecule has 2 aromatic heterocycles. The SMILES string of the molecule is CCCN(C(=O)c1sc(-c2ccccn2)nc1C)C1CCc2ccccc2C1. The summed E-state index contributed by atoms with van der Waals surface area (Å²) < 4.78 is 0. The first-order chi connectivity index (χ1) is 13.7. The highest BCUT2D eigenvalue weighted by atomic mass is 32.1. The number of carbonyl (C=O) groups is 1. The Morgan fingerprint density at radius 2 is 1.96 bits per heavy atom. The van der Waals surface area contributed by atoms with Gasteiger partial charge in [-0.2, -0.15) is 0 Å². The third-order valence-corrected chi connectivity index (χ3v) is 6.53. The molecule has 0 radical (unpaired) electrons. The monoisotopic (exact) mass is 391 g/mol. The molecule has 3 aromatic rings. The van der Waals surface area contributed by atoms with Crippen molar-refractivity contribution in [1.82, 2.24) is 14.9 Å². The first-order valence-electron chi connectivity index (χ1n) is 9.94. The fourth-order valence-corrected chi connectivity index (χ4v) is 4.96. The van der Waals surface area contributed by atoms with E-state index in [2.05, 4.69) is 46.1 Å². The molecule has 144 valence electrons. The Labute approximate surface area is 170 Å². The number of pyridine rings is 1. The number of aryl methyl sites for hydroxylation is 2. The molecule has 1 unspecified atom stereocenters. The summed E-state index contributed by atoms with van der Waals surface area (Å²) in [6.45, 7) is 4.84. The van der Waals surface area contributed by atoms with Gasteiger partial charge in [-0.25, -0.2) is 4.98 Å². The van der Waals surface area contributed by atoms with E-state index in [1.165, 1.54) is 22.5 Å². The average Bonchev–Trinajstić information content (AvgIpc) is 3.13. The van der Waals surface area contributed by atoms with E-state index in [0.717, 1.165) is 53.5 Å². The lowest BCUT2D eigenvalue weighted by molar-refractivity contribution is 0.0665. The van der Waals surface area contributed by atoms with Gasteiger partial charge in [-0.1, -0.05) is 37.3 Å². The molecule has 1 amide bonds. The number of carbonyl (C=O) groups excluding carboxylic acids is 1. The van der Waals surface area contributed by atoms with E-state index in [4.69, 9.17) is 0 Å². The molecule has 0 bridgehead atoms. The summed E-state index contributed by atoms with van der Waals surface area (Å²) in [7, 11) is 0. The van der Waals surface area contributed by atoms with Crippen LogP contribution < -0.4 is 0 Å². The maximum atomic E-state index is 13.5. The van der Waals surface area contributed by atoms with Gasteiger partial charge >= 0.3 is 0 Å². The summed E-state index contributed by atoms with van der Waals surface area (Å²) in [5.41, 5.74) is 4.42. The van der Waals surface area contributed by atoms with Crippen molar-refractivity contribution in [3.63, 3.8) is 0 Å². The summed E-state index contributed by atoms with van der Waals surface area (Å²) in [6, 6.07) is 14.6. The molecule has 0 spiro atoms. The molecule has 1 aliphatic carbocycles. The van der Waals surface area contributed by atoms with Crippen molar-refractivity contribution < 1.29 is 4.79 Å². The zero-order chi connectivity index (χ0) is 19.5. The molecule has 1 aromatic carbocycles. The third-order valence-electron chi connectivity index (χ3n) is 5.36. The predicted octanol–water partition coefficient (Wildman–Crippen LogP) is 4.92. The number of aromatic nitrogens is 2. The van der Waals surface area contributed by atoms with Crippen LogP contribution in [0.2, 0.25) is 0 Å². The molecule has 5 heteroatoms. The summed E-state index contributed by atoms with van der Waals surface area (Å²) >= 11 is 1.46. The molecule has 0 fully saturated rings. The molecule has 0 N–H and O–H groups in total. The van der Waals surface area contributed by atoms with Gasteiger partial charge < -0.3 is 4.90 Å². The minimum atomic E-state index is 0.114. The number of hydrogen-bond donors (Lipinski definition) is 0. The van der Waals surface area contributed by atoms with Crippen molar-refractivity contribution >= 4 is 17.2 Å². The number of amides is 1. The fraction of sp³-hybridized carbons (Fsp3) is 0.348. The Morgan fingerprint density at radius 3 is 2.71 bits per heavy atom. The highest BCUT2D eigenvalue weighted by molar-refractivity contribution is 7.17. The highest BCUT2D eigenvalue weighted by Crippen LogP contribution is 2.30. The molecule has 0 saturated carbocycles. The Bertz CT molecular complexity index is 967. The summed E-state index contributed by atoms with van der Waals surface area (Å²) in [5.74, 6) is 0.114. The molecule has 28 heavy (non-hydrogen) atoms. The van der Waals surface area contributed by atoms with Crippen LogP contribution in [0, 0.1) is 6.92 Å². The van der Waals surface area contributed by atoms with Crippen molar-refractivity contribution in [3.05, 3.63) is 70.4 Å². The lowest BCUT2D eigenvalue weighted by atomic mass is 9.87. The number of nitrogens with zero attached hydrogens (tertiary/aromatic N) is 3. The largest absolute Gasteiger partial charge is 0.335 e. The van der Waals surface area contributed by atoms with E-state index in [0.29, 0.717) is 0 Å². The molecule has 1 aliphatic rings. The lowest BCUT2D eigenvalue weighted by Gasteiger charge is -2.35. The predicted molar refractivity (Wildman–Crippen MR) is 114 cm³/mol. The van der Waals surface area contributed by atoms with Gasteiger partial charge in [0.15, 0.2) is 0 Å². The van der Waals surface area contributed by atoms with Crippen LogP contribution in [0.15, 0.2) is 48.7 Å². The molecule has 4 rings (SSSR count). The van der Waals surface area contributed by atoms with Crippen LogP contribution in [-0.4, -0.2) is 33.4 Å². The normalized spacial score (nSPS) is 15.9. The number of benzene rings is 1. The van der Waals surface area contributed by atoms with Crippen LogP contribution in [0.25, 0.3) is 10.7 Å². The standard InChI is InChI=1S/C23H25N3OS/c1-3-14-26(19-12-11-17-8-4-5-9-18(17)15-19)23(27)21-16(2)25-22(28-21)20-10-6-7-13-24-20/h4-10,13,19H,3,11-12,14-15H2,1-2H3. The van der Waals surface area contributed by atoms with E-state index in [1.54, 1.807) is 6.20 Å². The van der Waals surface area contributed by atoms with Gasteiger partial charge in [-0.05, 0) is 55.9 Å². The highest BCUT2D eigenvalue weighted by Gasteiger charge is 2.30. The lowest BCUT2D eigenvalue weighted by Crippen LogP contribution is -2.43. The molecule has 4 nitrogen and oxygen atoms in total. The van der Waals surface area contributed by atoms with E-state index in [-0.39, 0.29) is 11.9 Å². The minimum absolute atomic E-state index is 0.114. The topological polar surface area (TPSA) is 46.1 Å². The van der Waals surface area contributed by atoms with Gasteiger partial charge in [0.05, 0.1) is 11.4 Å². The molecule has 1 atom stereocenters. The van der Waals surface area contributed by atoms with E-state index < -0.39 is 0 Å². The average molecular weight is 392 g/mol. The maximum Gasteiger partial charge on any atom is 0.266 e. The number of thiazole rings is 1. The van der Waals surface area contributed by atoms with Crippen molar-refractivity contribution in [2.24, 2.45) is 0 Å². The second kappa shape index (κ2) is 8.23.